The first-order chi connectivity index (χ1) is 7.86. The van der Waals surface area contributed by atoms with Gasteiger partial charge in [-0.25, -0.2) is 0 Å². The Kier molecular flexibility index (Phi) is 4.93. The van der Waals surface area contributed by atoms with Crippen LogP contribution < -0.4 is 10.6 Å². The molecule has 2 heterocycles. The van der Waals surface area contributed by atoms with Crippen molar-refractivity contribution in [2.24, 2.45) is 0 Å². The molecule has 5 heteroatoms. The second kappa shape index (κ2) is 6.47. The van der Waals surface area contributed by atoms with Crippen molar-refractivity contribution in [3.63, 3.8) is 0 Å². The number of amides is 1. The molecular formula is C11H21N3OS. The van der Waals surface area contributed by atoms with E-state index in [1.54, 1.807) is 0 Å². The fourth-order valence-electron chi connectivity index (χ4n) is 2.19. The van der Waals surface area contributed by atoms with E-state index < -0.39 is 0 Å². The SMILES string of the molecule is O=C(NCCN1CCSCC1)[C@@H]1CCCN1. The molecule has 0 unspecified atom stereocenters. The summed E-state index contributed by atoms with van der Waals surface area (Å²) >= 11 is 2.02. The van der Waals surface area contributed by atoms with Crippen LogP contribution >= 0.6 is 11.8 Å². The second-order valence-corrected chi connectivity index (χ2v) is 5.62. The van der Waals surface area contributed by atoms with Gasteiger partial charge in [0.05, 0.1) is 6.04 Å². The summed E-state index contributed by atoms with van der Waals surface area (Å²) in [6.07, 6.45) is 2.12. The van der Waals surface area contributed by atoms with E-state index in [2.05, 4.69) is 15.5 Å². The second-order valence-electron chi connectivity index (χ2n) is 4.39. The predicted octanol–water partition coefficient (Wildman–Crippen LogP) is -0.0966. The molecule has 0 aromatic heterocycles. The average molecular weight is 243 g/mol. The zero-order valence-corrected chi connectivity index (χ0v) is 10.5. The molecule has 1 atom stereocenters. The van der Waals surface area contributed by atoms with Gasteiger partial charge in [-0.15, -0.1) is 0 Å². The Morgan fingerprint density at radius 1 is 1.44 bits per heavy atom. The van der Waals surface area contributed by atoms with Gasteiger partial charge in [-0.2, -0.15) is 11.8 Å². The van der Waals surface area contributed by atoms with Crippen LogP contribution in [0.1, 0.15) is 12.8 Å². The van der Waals surface area contributed by atoms with E-state index in [1.165, 1.54) is 24.6 Å². The monoisotopic (exact) mass is 243 g/mol. The largest absolute Gasteiger partial charge is 0.353 e. The van der Waals surface area contributed by atoms with Gasteiger partial charge in [-0.05, 0) is 19.4 Å². The molecule has 2 saturated heterocycles. The molecule has 2 N–H and O–H groups in total. The third-order valence-electron chi connectivity index (χ3n) is 3.21. The lowest BCUT2D eigenvalue weighted by Crippen LogP contribution is -2.44. The van der Waals surface area contributed by atoms with Crippen molar-refractivity contribution in [2.75, 3.05) is 44.2 Å². The van der Waals surface area contributed by atoms with Gasteiger partial charge in [0.15, 0.2) is 0 Å². The topological polar surface area (TPSA) is 44.4 Å². The summed E-state index contributed by atoms with van der Waals surface area (Å²) in [7, 11) is 0. The summed E-state index contributed by atoms with van der Waals surface area (Å²) in [4.78, 5) is 14.1. The first kappa shape index (κ1) is 12.2. The summed E-state index contributed by atoms with van der Waals surface area (Å²) in [5, 5.41) is 6.24. The molecule has 4 nitrogen and oxygen atoms in total. The van der Waals surface area contributed by atoms with Gasteiger partial charge in [0.1, 0.15) is 0 Å². The molecule has 0 spiro atoms. The summed E-state index contributed by atoms with van der Waals surface area (Å²) in [5.41, 5.74) is 0. The Hall–Kier alpha value is -0.260. The number of nitrogens with one attached hydrogen (secondary N) is 2. The first-order valence-corrected chi connectivity index (χ1v) is 7.33. The number of nitrogens with zero attached hydrogens (tertiary/aromatic N) is 1. The van der Waals surface area contributed by atoms with Gasteiger partial charge in [0.25, 0.3) is 0 Å². The Bertz CT molecular complexity index is 225. The zero-order chi connectivity index (χ0) is 11.2. The van der Waals surface area contributed by atoms with E-state index in [0.29, 0.717) is 0 Å². The number of thioether (sulfide) groups is 1. The van der Waals surface area contributed by atoms with Gasteiger partial charge >= 0.3 is 0 Å². The van der Waals surface area contributed by atoms with Gasteiger partial charge in [0.2, 0.25) is 5.91 Å². The van der Waals surface area contributed by atoms with Crippen LogP contribution in [-0.4, -0.2) is 61.1 Å². The highest BCUT2D eigenvalue weighted by Crippen LogP contribution is 2.08. The lowest BCUT2D eigenvalue weighted by atomic mass is 10.2. The van der Waals surface area contributed by atoms with Crippen molar-refractivity contribution >= 4 is 17.7 Å². The Morgan fingerprint density at radius 3 is 2.94 bits per heavy atom. The standard InChI is InChI=1S/C11H21N3OS/c15-11(10-2-1-3-12-10)13-4-5-14-6-8-16-9-7-14/h10,12H,1-9H2,(H,13,15)/t10-/m0/s1. The molecule has 2 aliphatic heterocycles. The molecule has 2 rings (SSSR count). The highest BCUT2D eigenvalue weighted by molar-refractivity contribution is 7.99. The van der Waals surface area contributed by atoms with Gasteiger partial charge in [0, 0.05) is 37.7 Å². The van der Waals surface area contributed by atoms with Crippen LogP contribution in [0.4, 0.5) is 0 Å². The smallest absolute Gasteiger partial charge is 0.237 e. The number of carbonyl (C=O) groups is 1. The van der Waals surface area contributed by atoms with E-state index in [0.717, 1.165) is 32.5 Å². The minimum atomic E-state index is 0.0666. The van der Waals surface area contributed by atoms with Crippen LogP contribution in [-0.2, 0) is 4.79 Å². The maximum absolute atomic E-state index is 11.7. The van der Waals surface area contributed by atoms with Gasteiger partial charge in [-0.3, -0.25) is 9.69 Å². The minimum absolute atomic E-state index is 0.0666. The molecule has 2 fully saturated rings. The zero-order valence-electron chi connectivity index (χ0n) is 9.71. The predicted molar refractivity (Wildman–Crippen MR) is 67.8 cm³/mol. The van der Waals surface area contributed by atoms with E-state index in [-0.39, 0.29) is 11.9 Å². The van der Waals surface area contributed by atoms with E-state index >= 15 is 0 Å². The molecule has 2 aliphatic rings. The molecule has 0 aromatic carbocycles. The van der Waals surface area contributed by atoms with Crippen molar-refractivity contribution in [3.8, 4) is 0 Å². The number of hydrogen-bond acceptors (Lipinski definition) is 4. The fraction of sp³-hybridized carbons (Fsp3) is 0.909. The molecular weight excluding hydrogens is 222 g/mol. The maximum Gasteiger partial charge on any atom is 0.237 e. The van der Waals surface area contributed by atoms with E-state index in [9.17, 15) is 4.79 Å². The van der Waals surface area contributed by atoms with Crippen LogP contribution in [0.5, 0.6) is 0 Å². The molecule has 92 valence electrons. The van der Waals surface area contributed by atoms with E-state index in [1.807, 2.05) is 11.8 Å². The fourth-order valence-corrected chi connectivity index (χ4v) is 3.17. The molecule has 0 aliphatic carbocycles. The minimum Gasteiger partial charge on any atom is -0.353 e. The molecule has 1 amide bonds. The molecule has 0 saturated carbocycles. The van der Waals surface area contributed by atoms with Crippen LogP contribution in [0, 0.1) is 0 Å². The van der Waals surface area contributed by atoms with Crippen molar-refractivity contribution in [1.82, 2.24) is 15.5 Å². The Morgan fingerprint density at radius 2 is 2.25 bits per heavy atom. The van der Waals surface area contributed by atoms with Crippen LogP contribution in [0.2, 0.25) is 0 Å². The van der Waals surface area contributed by atoms with E-state index in [4.69, 9.17) is 0 Å². The maximum atomic E-state index is 11.7. The number of hydrogen-bond donors (Lipinski definition) is 2. The highest BCUT2D eigenvalue weighted by Gasteiger charge is 2.21. The van der Waals surface area contributed by atoms with Crippen molar-refractivity contribution in [2.45, 2.75) is 18.9 Å². The highest BCUT2D eigenvalue weighted by atomic mass is 32.2. The Balaban J connectivity index is 1.57. The quantitative estimate of drug-likeness (QED) is 0.724. The summed E-state index contributed by atoms with van der Waals surface area (Å²) in [5.74, 6) is 2.65. The third-order valence-corrected chi connectivity index (χ3v) is 4.15. The number of carbonyl (C=O) groups excluding carboxylic acids is 1. The third kappa shape index (κ3) is 3.64. The summed E-state index contributed by atoms with van der Waals surface area (Å²) in [6, 6.07) is 0.0666. The summed E-state index contributed by atoms with van der Waals surface area (Å²) in [6.45, 7) is 5.12. The van der Waals surface area contributed by atoms with Gasteiger partial charge < -0.3 is 10.6 Å². The lowest BCUT2D eigenvalue weighted by molar-refractivity contribution is -0.122. The average Bonchev–Trinajstić information content (AvgIpc) is 2.84. The first-order valence-electron chi connectivity index (χ1n) is 6.17. The van der Waals surface area contributed by atoms with Crippen LogP contribution in [0.15, 0.2) is 0 Å². The normalized spacial score (nSPS) is 26.9. The molecule has 0 aromatic rings. The van der Waals surface area contributed by atoms with Crippen molar-refractivity contribution in [3.05, 3.63) is 0 Å². The molecule has 0 bridgehead atoms. The Labute approximate surface area is 102 Å². The van der Waals surface area contributed by atoms with Crippen LogP contribution in [0.3, 0.4) is 0 Å². The molecule has 0 radical (unpaired) electrons. The molecule has 16 heavy (non-hydrogen) atoms. The van der Waals surface area contributed by atoms with Crippen molar-refractivity contribution in [1.29, 1.82) is 0 Å². The van der Waals surface area contributed by atoms with Crippen molar-refractivity contribution < 1.29 is 4.79 Å². The lowest BCUT2D eigenvalue weighted by Gasteiger charge is -2.26. The number of rotatable bonds is 4. The summed E-state index contributed by atoms with van der Waals surface area (Å²) < 4.78 is 0. The van der Waals surface area contributed by atoms with Gasteiger partial charge in [-0.1, -0.05) is 0 Å². The van der Waals surface area contributed by atoms with Crippen LogP contribution in [0.25, 0.3) is 0 Å².